The van der Waals surface area contributed by atoms with Gasteiger partial charge in [0.15, 0.2) is 0 Å². The van der Waals surface area contributed by atoms with Crippen molar-refractivity contribution in [2.75, 3.05) is 12.3 Å². The highest BCUT2D eigenvalue weighted by molar-refractivity contribution is 7.99. The van der Waals surface area contributed by atoms with Gasteiger partial charge in [-0.15, -0.1) is 11.8 Å². The zero-order valence-corrected chi connectivity index (χ0v) is 13.3. The number of carbonyl (C=O) groups excluding carboxylic acids is 1. The summed E-state index contributed by atoms with van der Waals surface area (Å²) in [6, 6.07) is 10.5. The van der Waals surface area contributed by atoms with Crippen LogP contribution in [0.15, 0.2) is 47.4 Å². The van der Waals surface area contributed by atoms with Crippen molar-refractivity contribution in [1.82, 2.24) is 14.7 Å². The molecule has 1 unspecified atom stereocenters. The SMILES string of the molecule is O=C(Cn1ncccc1=O)N1CCSC1c1ccccc1Cl. The normalized spacial score (nSPS) is 17.7. The van der Waals surface area contributed by atoms with E-state index in [1.807, 2.05) is 24.3 Å². The Balaban J connectivity index is 1.81. The molecular weight excluding hydrogens is 322 g/mol. The average Bonchev–Trinajstić information content (AvgIpc) is 2.99. The fraction of sp³-hybridized carbons (Fsp3) is 0.267. The Labute approximate surface area is 136 Å². The molecule has 2 heterocycles. The quantitative estimate of drug-likeness (QED) is 0.862. The predicted molar refractivity (Wildman–Crippen MR) is 86.9 cm³/mol. The van der Waals surface area contributed by atoms with Crippen LogP contribution in [0.3, 0.4) is 0 Å². The number of hydrogen-bond acceptors (Lipinski definition) is 4. The van der Waals surface area contributed by atoms with Gasteiger partial charge in [0.25, 0.3) is 5.56 Å². The number of benzene rings is 1. The van der Waals surface area contributed by atoms with Crippen molar-refractivity contribution in [1.29, 1.82) is 0 Å². The maximum atomic E-state index is 12.5. The lowest BCUT2D eigenvalue weighted by Gasteiger charge is -2.24. The lowest BCUT2D eigenvalue weighted by molar-refractivity contribution is -0.132. The molecule has 0 spiro atoms. The fourth-order valence-corrected chi connectivity index (χ4v) is 4.00. The summed E-state index contributed by atoms with van der Waals surface area (Å²) in [5.41, 5.74) is 0.644. The Kier molecular flexibility index (Phi) is 4.49. The summed E-state index contributed by atoms with van der Waals surface area (Å²) >= 11 is 7.91. The number of amides is 1. The second-order valence-electron chi connectivity index (χ2n) is 4.85. The molecule has 5 nitrogen and oxygen atoms in total. The van der Waals surface area contributed by atoms with Crippen LogP contribution in [0.2, 0.25) is 5.02 Å². The van der Waals surface area contributed by atoms with Gasteiger partial charge in [0.05, 0.1) is 0 Å². The number of rotatable bonds is 3. The molecule has 0 saturated carbocycles. The summed E-state index contributed by atoms with van der Waals surface area (Å²) in [4.78, 5) is 26.0. The maximum Gasteiger partial charge on any atom is 0.267 e. The van der Waals surface area contributed by atoms with Crippen LogP contribution in [0, 0.1) is 0 Å². The molecule has 1 aromatic carbocycles. The first-order valence-corrected chi connectivity index (χ1v) is 8.27. The van der Waals surface area contributed by atoms with Gasteiger partial charge < -0.3 is 4.90 Å². The van der Waals surface area contributed by atoms with E-state index in [9.17, 15) is 9.59 Å². The van der Waals surface area contributed by atoms with E-state index in [1.165, 1.54) is 16.9 Å². The molecule has 1 aliphatic rings. The standard InChI is InChI=1S/C15H14ClN3O2S/c16-12-5-2-1-4-11(12)15-18(8-9-22-15)14(21)10-19-13(20)6-3-7-17-19/h1-7,15H,8-10H2. The molecule has 2 aromatic rings. The summed E-state index contributed by atoms with van der Waals surface area (Å²) in [6.07, 6.45) is 1.50. The van der Waals surface area contributed by atoms with Gasteiger partial charge in [0.2, 0.25) is 5.91 Å². The topological polar surface area (TPSA) is 55.2 Å². The molecular formula is C15H14ClN3O2S. The summed E-state index contributed by atoms with van der Waals surface area (Å²) in [7, 11) is 0. The van der Waals surface area contributed by atoms with Crippen molar-refractivity contribution in [3.63, 3.8) is 0 Å². The van der Waals surface area contributed by atoms with Gasteiger partial charge in [0.1, 0.15) is 11.9 Å². The highest BCUT2D eigenvalue weighted by Gasteiger charge is 2.31. The lowest BCUT2D eigenvalue weighted by Crippen LogP contribution is -2.36. The van der Waals surface area contributed by atoms with Crippen LogP contribution in [-0.4, -0.2) is 32.9 Å². The molecule has 0 radical (unpaired) electrons. The Hall–Kier alpha value is -1.79. The highest BCUT2D eigenvalue weighted by Crippen LogP contribution is 2.40. The van der Waals surface area contributed by atoms with E-state index in [4.69, 9.17) is 11.6 Å². The first-order chi connectivity index (χ1) is 10.7. The summed E-state index contributed by atoms with van der Waals surface area (Å²) in [5.74, 6) is 0.717. The zero-order valence-electron chi connectivity index (χ0n) is 11.7. The molecule has 1 atom stereocenters. The van der Waals surface area contributed by atoms with E-state index in [0.29, 0.717) is 11.6 Å². The highest BCUT2D eigenvalue weighted by atomic mass is 35.5. The van der Waals surface area contributed by atoms with Gasteiger partial charge in [-0.2, -0.15) is 5.10 Å². The van der Waals surface area contributed by atoms with Crippen molar-refractivity contribution >= 4 is 29.3 Å². The molecule has 0 N–H and O–H groups in total. The number of hydrogen-bond donors (Lipinski definition) is 0. The monoisotopic (exact) mass is 335 g/mol. The van der Waals surface area contributed by atoms with Crippen LogP contribution in [-0.2, 0) is 11.3 Å². The summed E-state index contributed by atoms with van der Waals surface area (Å²) in [5, 5.41) is 4.47. The minimum absolute atomic E-state index is 0.0544. The Morgan fingerprint density at radius 1 is 1.32 bits per heavy atom. The summed E-state index contributed by atoms with van der Waals surface area (Å²) < 4.78 is 1.18. The van der Waals surface area contributed by atoms with Crippen LogP contribution < -0.4 is 5.56 Å². The predicted octanol–water partition coefficient (Wildman–Crippen LogP) is 2.17. The van der Waals surface area contributed by atoms with E-state index >= 15 is 0 Å². The second-order valence-corrected chi connectivity index (χ2v) is 6.45. The largest absolute Gasteiger partial charge is 0.324 e. The first kappa shape index (κ1) is 15.1. The van der Waals surface area contributed by atoms with Crippen molar-refractivity contribution in [2.45, 2.75) is 11.9 Å². The maximum absolute atomic E-state index is 12.5. The van der Waals surface area contributed by atoms with E-state index in [1.54, 1.807) is 22.7 Å². The van der Waals surface area contributed by atoms with Crippen molar-refractivity contribution in [2.24, 2.45) is 0 Å². The Bertz CT molecular complexity index is 749. The Morgan fingerprint density at radius 2 is 2.14 bits per heavy atom. The number of halogens is 1. The number of carbonyl (C=O) groups is 1. The third kappa shape index (κ3) is 3.03. The number of aromatic nitrogens is 2. The van der Waals surface area contributed by atoms with E-state index in [2.05, 4.69) is 5.10 Å². The third-order valence-electron chi connectivity index (χ3n) is 3.45. The summed E-state index contributed by atoms with van der Waals surface area (Å²) in [6.45, 7) is 0.585. The molecule has 1 saturated heterocycles. The van der Waals surface area contributed by atoms with Crippen LogP contribution >= 0.6 is 23.4 Å². The molecule has 0 bridgehead atoms. The number of thioether (sulfide) groups is 1. The average molecular weight is 336 g/mol. The van der Waals surface area contributed by atoms with Crippen LogP contribution in [0.1, 0.15) is 10.9 Å². The lowest BCUT2D eigenvalue weighted by atomic mass is 10.2. The molecule has 1 aliphatic heterocycles. The van der Waals surface area contributed by atoms with Gasteiger partial charge in [-0.25, -0.2) is 4.68 Å². The van der Waals surface area contributed by atoms with Gasteiger partial charge in [0, 0.05) is 35.1 Å². The smallest absolute Gasteiger partial charge is 0.267 e. The minimum atomic E-state index is -0.281. The van der Waals surface area contributed by atoms with E-state index in [0.717, 1.165) is 11.3 Å². The van der Waals surface area contributed by atoms with Gasteiger partial charge in [-0.3, -0.25) is 9.59 Å². The van der Waals surface area contributed by atoms with Gasteiger partial charge in [-0.1, -0.05) is 29.8 Å². The van der Waals surface area contributed by atoms with E-state index < -0.39 is 0 Å². The molecule has 7 heteroatoms. The molecule has 3 rings (SSSR count). The van der Waals surface area contributed by atoms with Crippen molar-refractivity contribution in [3.8, 4) is 0 Å². The zero-order chi connectivity index (χ0) is 15.5. The molecule has 1 fully saturated rings. The molecule has 1 amide bonds. The van der Waals surface area contributed by atoms with Crippen molar-refractivity contribution < 1.29 is 4.79 Å². The third-order valence-corrected chi connectivity index (χ3v) is 5.04. The van der Waals surface area contributed by atoms with Gasteiger partial charge in [-0.05, 0) is 12.1 Å². The number of nitrogens with zero attached hydrogens (tertiary/aromatic N) is 3. The molecule has 114 valence electrons. The Morgan fingerprint density at radius 3 is 2.91 bits per heavy atom. The van der Waals surface area contributed by atoms with Crippen LogP contribution in [0.4, 0.5) is 0 Å². The van der Waals surface area contributed by atoms with Gasteiger partial charge >= 0.3 is 0 Å². The molecule has 0 aliphatic carbocycles. The van der Waals surface area contributed by atoms with Crippen LogP contribution in [0.5, 0.6) is 0 Å². The molecule has 22 heavy (non-hydrogen) atoms. The van der Waals surface area contributed by atoms with Crippen molar-refractivity contribution in [3.05, 3.63) is 63.5 Å². The fourth-order valence-electron chi connectivity index (χ4n) is 2.38. The second kappa shape index (κ2) is 6.54. The molecule has 1 aromatic heterocycles. The first-order valence-electron chi connectivity index (χ1n) is 6.84. The minimum Gasteiger partial charge on any atom is -0.324 e. The van der Waals surface area contributed by atoms with E-state index in [-0.39, 0.29) is 23.4 Å². The van der Waals surface area contributed by atoms with Crippen LogP contribution in [0.25, 0.3) is 0 Å².